The Balaban J connectivity index is 2.18. The van der Waals surface area contributed by atoms with E-state index >= 15 is 0 Å². The molecule has 2 aromatic rings. The minimum absolute atomic E-state index is 0.142. The number of carboxylic acid groups (broad SMARTS) is 1. The summed E-state index contributed by atoms with van der Waals surface area (Å²) in [7, 11) is 0. The first-order valence-corrected chi connectivity index (χ1v) is 5.49. The standard InChI is InChI=1S/C12H13N3O3/c1-8(12(17)18)5-9-7-15(14-13-9)10-3-2-4-11(16)6-10/h2-4,6-8,16H,5H2,1H3,(H,17,18). The van der Waals surface area contributed by atoms with Gasteiger partial charge in [-0.05, 0) is 12.1 Å². The number of phenolic OH excluding ortho intramolecular Hbond substituents is 1. The van der Waals surface area contributed by atoms with E-state index in [4.69, 9.17) is 5.11 Å². The van der Waals surface area contributed by atoms with Gasteiger partial charge in [0.2, 0.25) is 0 Å². The van der Waals surface area contributed by atoms with Crippen LogP contribution in [0.1, 0.15) is 12.6 Å². The van der Waals surface area contributed by atoms with Crippen LogP contribution >= 0.6 is 0 Å². The number of carboxylic acids is 1. The van der Waals surface area contributed by atoms with Crippen LogP contribution in [0.3, 0.4) is 0 Å². The van der Waals surface area contributed by atoms with Gasteiger partial charge in [-0.2, -0.15) is 0 Å². The van der Waals surface area contributed by atoms with E-state index < -0.39 is 11.9 Å². The Labute approximate surface area is 103 Å². The number of hydrogen-bond donors (Lipinski definition) is 2. The Bertz CT molecular complexity index is 565. The number of aromatic hydroxyl groups is 1. The van der Waals surface area contributed by atoms with Crippen molar-refractivity contribution in [2.45, 2.75) is 13.3 Å². The van der Waals surface area contributed by atoms with Crippen LogP contribution < -0.4 is 0 Å². The summed E-state index contributed by atoms with van der Waals surface area (Å²) in [5.74, 6) is -1.22. The van der Waals surface area contributed by atoms with E-state index in [1.54, 1.807) is 37.4 Å². The normalized spacial score (nSPS) is 12.3. The molecule has 6 nitrogen and oxygen atoms in total. The molecule has 2 N–H and O–H groups in total. The number of benzene rings is 1. The molecule has 1 heterocycles. The monoisotopic (exact) mass is 247 g/mol. The van der Waals surface area contributed by atoms with Gasteiger partial charge in [0.25, 0.3) is 0 Å². The zero-order valence-electron chi connectivity index (χ0n) is 9.82. The van der Waals surface area contributed by atoms with Gasteiger partial charge in [-0.3, -0.25) is 4.79 Å². The van der Waals surface area contributed by atoms with Crippen LogP contribution in [0.15, 0.2) is 30.5 Å². The quantitative estimate of drug-likeness (QED) is 0.848. The molecule has 1 aromatic heterocycles. The van der Waals surface area contributed by atoms with E-state index in [9.17, 15) is 9.90 Å². The second-order valence-electron chi connectivity index (χ2n) is 4.12. The molecule has 2 rings (SSSR count). The molecule has 0 radical (unpaired) electrons. The molecule has 1 atom stereocenters. The lowest BCUT2D eigenvalue weighted by Crippen LogP contribution is -2.12. The van der Waals surface area contributed by atoms with Crippen LogP contribution in [0.2, 0.25) is 0 Å². The summed E-state index contributed by atoms with van der Waals surface area (Å²) in [6, 6.07) is 6.59. The van der Waals surface area contributed by atoms with E-state index in [0.717, 1.165) is 0 Å². The average Bonchev–Trinajstić information content (AvgIpc) is 2.77. The maximum atomic E-state index is 10.7. The highest BCUT2D eigenvalue weighted by atomic mass is 16.4. The van der Waals surface area contributed by atoms with Gasteiger partial charge in [0.1, 0.15) is 5.75 Å². The molecule has 0 aliphatic heterocycles. The van der Waals surface area contributed by atoms with Crippen LogP contribution in [-0.4, -0.2) is 31.2 Å². The lowest BCUT2D eigenvalue weighted by atomic mass is 10.1. The number of nitrogens with zero attached hydrogens (tertiary/aromatic N) is 3. The highest BCUT2D eigenvalue weighted by Gasteiger charge is 2.14. The molecule has 0 fully saturated rings. The van der Waals surface area contributed by atoms with Crippen LogP contribution in [0, 0.1) is 5.92 Å². The molecule has 0 spiro atoms. The maximum Gasteiger partial charge on any atom is 0.306 e. The van der Waals surface area contributed by atoms with Crippen molar-refractivity contribution in [3.8, 4) is 11.4 Å². The first-order valence-electron chi connectivity index (χ1n) is 5.49. The maximum absolute atomic E-state index is 10.7. The van der Waals surface area contributed by atoms with Crippen molar-refractivity contribution >= 4 is 5.97 Å². The molecular weight excluding hydrogens is 234 g/mol. The fraction of sp³-hybridized carbons (Fsp3) is 0.250. The van der Waals surface area contributed by atoms with Crippen molar-refractivity contribution in [1.29, 1.82) is 0 Å². The molecule has 94 valence electrons. The Hall–Kier alpha value is -2.37. The van der Waals surface area contributed by atoms with Crippen molar-refractivity contribution in [1.82, 2.24) is 15.0 Å². The predicted octanol–water partition coefficient (Wildman–Crippen LogP) is 1.24. The van der Waals surface area contributed by atoms with Crippen LogP contribution in [-0.2, 0) is 11.2 Å². The van der Waals surface area contributed by atoms with Crippen molar-refractivity contribution in [2.24, 2.45) is 5.92 Å². The van der Waals surface area contributed by atoms with Gasteiger partial charge in [-0.15, -0.1) is 5.10 Å². The predicted molar refractivity (Wildman–Crippen MR) is 63.5 cm³/mol. The van der Waals surface area contributed by atoms with Gasteiger partial charge >= 0.3 is 5.97 Å². The first kappa shape index (κ1) is 12.1. The zero-order valence-corrected chi connectivity index (χ0v) is 9.82. The SMILES string of the molecule is CC(Cc1cn(-c2cccc(O)c2)nn1)C(=O)O. The van der Waals surface area contributed by atoms with Gasteiger partial charge in [-0.1, -0.05) is 18.2 Å². The Morgan fingerprint density at radius 3 is 2.94 bits per heavy atom. The highest BCUT2D eigenvalue weighted by molar-refractivity contribution is 5.69. The van der Waals surface area contributed by atoms with E-state index in [2.05, 4.69) is 10.3 Å². The fourth-order valence-corrected chi connectivity index (χ4v) is 1.55. The number of phenols is 1. The smallest absolute Gasteiger partial charge is 0.306 e. The van der Waals surface area contributed by atoms with Crippen LogP contribution in [0.25, 0.3) is 5.69 Å². The third-order valence-corrected chi connectivity index (χ3v) is 2.57. The molecule has 6 heteroatoms. The van der Waals surface area contributed by atoms with Crippen molar-refractivity contribution in [3.05, 3.63) is 36.2 Å². The molecule has 0 saturated heterocycles. The third-order valence-electron chi connectivity index (χ3n) is 2.57. The molecule has 18 heavy (non-hydrogen) atoms. The number of carbonyl (C=O) groups is 1. The molecule has 1 aromatic carbocycles. The molecular formula is C12H13N3O3. The molecule has 0 saturated carbocycles. The van der Waals surface area contributed by atoms with Gasteiger partial charge in [0.05, 0.1) is 23.5 Å². The van der Waals surface area contributed by atoms with E-state index in [1.807, 2.05) is 0 Å². The highest BCUT2D eigenvalue weighted by Crippen LogP contribution is 2.15. The fourth-order valence-electron chi connectivity index (χ4n) is 1.55. The summed E-state index contributed by atoms with van der Waals surface area (Å²) in [5, 5.41) is 26.0. The molecule has 1 unspecified atom stereocenters. The largest absolute Gasteiger partial charge is 0.508 e. The second kappa shape index (κ2) is 4.87. The zero-order chi connectivity index (χ0) is 13.1. The Kier molecular flexibility index (Phi) is 3.27. The van der Waals surface area contributed by atoms with E-state index in [1.165, 1.54) is 4.68 Å². The van der Waals surface area contributed by atoms with Gasteiger partial charge in [-0.25, -0.2) is 4.68 Å². The number of aliphatic carboxylic acids is 1. The number of hydrogen-bond acceptors (Lipinski definition) is 4. The van der Waals surface area contributed by atoms with E-state index in [-0.39, 0.29) is 5.75 Å². The molecule has 0 aliphatic rings. The van der Waals surface area contributed by atoms with Gasteiger partial charge in [0, 0.05) is 12.5 Å². The molecule has 0 bridgehead atoms. The minimum Gasteiger partial charge on any atom is -0.508 e. The summed E-state index contributed by atoms with van der Waals surface area (Å²) in [6.07, 6.45) is 1.99. The summed E-state index contributed by atoms with van der Waals surface area (Å²) in [6.45, 7) is 1.62. The molecule has 0 amide bonds. The summed E-state index contributed by atoms with van der Waals surface area (Å²) < 4.78 is 1.50. The van der Waals surface area contributed by atoms with Gasteiger partial charge in [0.15, 0.2) is 0 Å². The molecule has 0 aliphatic carbocycles. The van der Waals surface area contributed by atoms with Crippen molar-refractivity contribution < 1.29 is 15.0 Å². The topological polar surface area (TPSA) is 88.2 Å². The summed E-state index contributed by atoms with van der Waals surface area (Å²) in [5.41, 5.74) is 1.28. The third kappa shape index (κ3) is 2.65. The number of aromatic nitrogens is 3. The lowest BCUT2D eigenvalue weighted by molar-refractivity contribution is -0.141. The second-order valence-corrected chi connectivity index (χ2v) is 4.12. The Morgan fingerprint density at radius 2 is 2.28 bits per heavy atom. The van der Waals surface area contributed by atoms with Crippen molar-refractivity contribution in [3.63, 3.8) is 0 Å². The average molecular weight is 247 g/mol. The van der Waals surface area contributed by atoms with Crippen LogP contribution in [0.4, 0.5) is 0 Å². The van der Waals surface area contributed by atoms with E-state index in [0.29, 0.717) is 17.8 Å². The van der Waals surface area contributed by atoms with Gasteiger partial charge < -0.3 is 10.2 Å². The minimum atomic E-state index is -0.859. The first-order chi connectivity index (χ1) is 8.56. The summed E-state index contributed by atoms with van der Waals surface area (Å²) >= 11 is 0. The summed E-state index contributed by atoms with van der Waals surface area (Å²) in [4.78, 5) is 10.7. The number of rotatable bonds is 4. The van der Waals surface area contributed by atoms with Crippen molar-refractivity contribution in [2.75, 3.05) is 0 Å². The van der Waals surface area contributed by atoms with Crippen LogP contribution in [0.5, 0.6) is 5.75 Å². The lowest BCUT2D eigenvalue weighted by Gasteiger charge is -2.01. The Morgan fingerprint density at radius 1 is 1.50 bits per heavy atom.